The van der Waals surface area contributed by atoms with Gasteiger partial charge < -0.3 is 5.32 Å². The van der Waals surface area contributed by atoms with Crippen molar-refractivity contribution in [1.82, 2.24) is 0 Å². The Morgan fingerprint density at radius 1 is 1.10 bits per heavy atom. The second-order valence-corrected chi connectivity index (χ2v) is 5.16. The van der Waals surface area contributed by atoms with Crippen LogP contribution < -0.4 is 5.32 Å². The molecule has 0 saturated heterocycles. The molecule has 0 aromatic heterocycles. The lowest BCUT2D eigenvalue weighted by atomic mass is 10.1. The van der Waals surface area contributed by atoms with Gasteiger partial charge in [0.25, 0.3) is 0 Å². The summed E-state index contributed by atoms with van der Waals surface area (Å²) in [6, 6.07) is 9.27. The zero-order valence-electron chi connectivity index (χ0n) is 10.8. The summed E-state index contributed by atoms with van der Waals surface area (Å²) in [7, 11) is 0. The maximum atomic E-state index is 13.7. The highest BCUT2D eigenvalue weighted by atomic mass is 35.5. The number of rotatable bonds is 4. The molecule has 2 rings (SSSR count). The minimum Gasteiger partial charge on any atom is -0.382 e. The first-order valence-corrected chi connectivity index (χ1v) is 6.84. The Morgan fingerprint density at radius 2 is 1.86 bits per heavy atom. The summed E-state index contributed by atoms with van der Waals surface area (Å²) >= 11 is 11.8. The molecule has 0 aliphatic heterocycles. The number of nitriles is 1. The van der Waals surface area contributed by atoms with Crippen molar-refractivity contribution in [3.05, 3.63) is 63.1 Å². The van der Waals surface area contributed by atoms with Crippen LogP contribution in [0.2, 0.25) is 10.0 Å². The molecule has 2 aromatic carbocycles. The fraction of sp³-hybridized carbons (Fsp3) is 0.133. The van der Waals surface area contributed by atoms with E-state index in [1.54, 1.807) is 24.3 Å². The molecule has 0 amide bonds. The van der Waals surface area contributed by atoms with Crippen LogP contribution in [0.15, 0.2) is 30.3 Å². The second kappa shape index (κ2) is 6.75. The van der Waals surface area contributed by atoms with Gasteiger partial charge in [0.05, 0.1) is 11.3 Å². The van der Waals surface area contributed by atoms with Crippen molar-refractivity contribution >= 4 is 28.9 Å². The van der Waals surface area contributed by atoms with E-state index in [0.717, 1.165) is 5.56 Å². The Bertz CT molecular complexity index is 712. The Kier molecular flexibility index (Phi) is 5.00. The monoisotopic (exact) mass is 326 g/mol. The summed E-state index contributed by atoms with van der Waals surface area (Å²) in [6.07, 6.45) is 0.525. The summed E-state index contributed by atoms with van der Waals surface area (Å²) in [5.74, 6) is -2.21. The van der Waals surface area contributed by atoms with Crippen molar-refractivity contribution in [3.8, 4) is 6.07 Å². The molecule has 0 fully saturated rings. The molecule has 2 aromatic rings. The summed E-state index contributed by atoms with van der Waals surface area (Å²) in [6.45, 7) is 0.365. The minimum atomic E-state index is -1.15. The molecular weight excluding hydrogens is 317 g/mol. The van der Waals surface area contributed by atoms with E-state index in [9.17, 15) is 8.78 Å². The quantitative estimate of drug-likeness (QED) is 0.876. The molecule has 0 heterocycles. The normalized spacial score (nSPS) is 10.2. The molecule has 108 valence electrons. The lowest BCUT2D eigenvalue weighted by Gasteiger charge is -2.09. The topological polar surface area (TPSA) is 35.8 Å². The van der Waals surface area contributed by atoms with E-state index in [2.05, 4.69) is 5.32 Å². The van der Waals surface area contributed by atoms with Gasteiger partial charge in [0, 0.05) is 16.6 Å². The molecule has 0 atom stereocenters. The van der Waals surface area contributed by atoms with Crippen LogP contribution in [0, 0.1) is 23.0 Å². The summed E-state index contributed by atoms with van der Waals surface area (Å²) in [5.41, 5.74) is 0.540. The van der Waals surface area contributed by atoms with Crippen molar-refractivity contribution < 1.29 is 8.78 Å². The van der Waals surface area contributed by atoms with Crippen LogP contribution in [-0.2, 0) is 6.42 Å². The Balaban J connectivity index is 2.04. The number of anilines is 1. The van der Waals surface area contributed by atoms with Crippen LogP contribution in [0.4, 0.5) is 14.5 Å². The number of hydrogen-bond donors (Lipinski definition) is 1. The standard InChI is InChI=1S/C15H10Cl2F2N2/c16-11-3-1-9(12(17)7-11)5-6-21-13-4-2-10(8-20)14(18)15(13)19/h1-4,7,21H,5-6H2. The largest absolute Gasteiger partial charge is 0.382 e. The van der Waals surface area contributed by atoms with E-state index >= 15 is 0 Å². The van der Waals surface area contributed by atoms with Crippen LogP contribution in [0.3, 0.4) is 0 Å². The van der Waals surface area contributed by atoms with Crippen molar-refractivity contribution in [3.63, 3.8) is 0 Å². The molecule has 0 spiro atoms. The average Bonchev–Trinajstić information content (AvgIpc) is 2.46. The fourth-order valence-electron chi connectivity index (χ4n) is 1.83. The number of halogens is 4. The van der Waals surface area contributed by atoms with E-state index in [0.29, 0.717) is 23.0 Å². The molecule has 0 aliphatic carbocycles. The van der Waals surface area contributed by atoms with E-state index in [1.165, 1.54) is 12.1 Å². The molecule has 0 bridgehead atoms. The molecule has 0 aliphatic rings. The molecule has 0 radical (unpaired) electrons. The fourth-order valence-corrected chi connectivity index (χ4v) is 2.33. The average molecular weight is 327 g/mol. The molecule has 0 saturated carbocycles. The van der Waals surface area contributed by atoms with Crippen LogP contribution in [-0.4, -0.2) is 6.54 Å². The lowest BCUT2D eigenvalue weighted by Crippen LogP contribution is -2.08. The van der Waals surface area contributed by atoms with E-state index in [-0.39, 0.29) is 11.3 Å². The highest BCUT2D eigenvalue weighted by molar-refractivity contribution is 6.35. The molecule has 2 nitrogen and oxygen atoms in total. The van der Waals surface area contributed by atoms with Gasteiger partial charge in [-0.25, -0.2) is 8.78 Å². The van der Waals surface area contributed by atoms with Gasteiger partial charge >= 0.3 is 0 Å². The van der Waals surface area contributed by atoms with Crippen LogP contribution in [0.1, 0.15) is 11.1 Å². The smallest absolute Gasteiger partial charge is 0.183 e. The molecule has 0 unspecified atom stereocenters. The third-order valence-electron chi connectivity index (χ3n) is 2.93. The van der Waals surface area contributed by atoms with Crippen molar-refractivity contribution in [2.24, 2.45) is 0 Å². The first kappa shape index (κ1) is 15.6. The predicted molar refractivity (Wildman–Crippen MR) is 79.7 cm³/mol. The van der Waals surface area contributed by atoms with Gasteiger partial charge in [0.15, 0.2) is 11.6 Å². The zero-order chi connectivity index (χ0) is 15.4. The third-order valence-corrected chi connectivity index (χ3v) is 3.51. The maximum Gasteiger partial charge on any atom is 0.183 e. The Morgan fingerprint density at radius 3 is 2.52 bits per heavy atom. The molecule has 6 heteroatoms. The van der Waals surface area contributed by atoms with Crippen LogP contribution >= 0.6 is 23.2 Å². The van der Waals surface area contributed by atoms with Crippen molar-refractivity contribution in [1.29, 1.82) is 5.26 Å². The summed E-state index contributed by atoms with van der Waals surface area (Å²) < 4.78 is 27.1. The van der Waals surface area contributed by atoms with Gasteiger partial charge in [-0.2, -0.15) is 5.26 Å². The van der Waals surface area contributed by atoms with E-state index in [1.807, 2.05) is 0 Å². The Hall–Kier alpha value is -1.83. The second-order valence-electron chi connectivity index (χ2n) is 4.31. The highest BCUT2D eigenvalue weighted by Gasteiger charge is 2.12. The predicted octanol–water partition coefficient (Wildman–Crippen LogP) is 4.80. The van der Waals surface area contributed by atoms with Crippen LogP contribution in [0.25, 0.3) is 0 Å². The van der Waals surface area contributed by atoms with E-state index < -0.39 is 11.6 Å². The van der Waals surface area contributed by atoms with Crippen molar-refractivity contribution in [2.75, 3.05) is 11.9 Å². The number of benzene rings is 2. The maximum absolute atomic E-state index is 13.7. The van der Waals surface area contributed by atoms with Crippen LogP contribution in [0.5, 0.6) is 0 Å². The van der Waals surface area contributed by atoms with E-state index in [4.69, 9.17) is 28.5 Å². The minimum absolute atomic E-state index is 0.0107. The molecular formula is C15H10Cl2F2N2. The first-order valence-electron chi connectivity index (χ1n) is 6.09. The van der Waals surface area contributed by atoms with Gasteiger partial charge in [-0.15, -0.1) is 0 Å². The van der Waals surface area contributed by atoms with Crippen molar-refractivity contribution in [2.45, 2.75) is 6.42 Å². The molecule has 21 heavy (non-hydrogen) atoms. The molecule has 1 N–H and O–H groups in total. The number of hydrogen-bond acceptors (Lipinski definition) is 2. The Labute approximate surface area is 130 Å². The zero-order valence-corrected chi connectivity index (χ0v) is 12.3. The van der Waals surface area contributed by atoms with Gasteiger partial charge in [0.1, 0.15) is 6.07 Å². The number of nitrogens with one attached hydrogen (secondary N) is 1. The van der Waals surface area contributed by atoms with Gasteiger partial charge in [-0.05, 0) is 36.2 Å². The third kappa shape index (κ3) is 3.63. The summed E-state index contributed by atoms with van der Waals surface area (Å²) in [4.78, 5) is 0. The highest BCUT2D eigenvalue weighted by Crippen LogP contribution is 2.23. The first-order chi connectivity index (χ1) is 10.0. The number of nitrogens with zero attached hydrogens (tertiary/aromatic N) is 1. The van der Waals surface area contributed by atoms with Gasteiger partial charge in [-0.1, -0.05) is 29.3 Å². The SMILES string of the molecule is N#Cc1ccc(NCCc2ccc(Cl)cc2Cl)c(F)c1F. The van der Waals surface area contributed by atoms with Gasteiger partial charge in [0.2, 0.25) is 0 Å². The summed E-state index contributed by atoms with van der Waals surface area (Å²) in [5, 5.41) is 12.5. The lowest BCUT2D eigenvalue weighted by molar-refractivity contribution is 0.508. The van der Waals surface area contributed by atoms with Gasteiger partial charge in [-0.3, -0.25) is 0 Å².